The fraction of sp³-hybridized carbons (Fsp3) is 0.188. The molecule has 3 heteroatoms. The standard InChI is InChI=1S/C32H29BO2/c1-31(2)32(3,4)35-33(34-31)27-18-16-24-20-26(15-14-25(24)21-27)30-28-13-9-8-12-23(28)17-19-29(30)22-10-6-5-7-11-22/h5-21H,1-4H3. The fourth-order valence-electron chi connectivity index (χ4n) is 4.99. The van der Waals surface area contributed by atoms with Crippen LogP contribution in [0, 0.1) is 0 Å². The number of rotatable bonds is 3. The van der Waals surface area contributed by atoms with Crippen LogP contribution in [0.2, 0.25) is 0 Å². The molecule has 35 heavy (non-hydrogen) atoms. The fourth-order valence-corrected chi connectivity index (χ4v) is 4.99. The summed E-state index contributed by atoms with van der Waals surface area (Å²) in [7, 11) is -0.355. The normalized spacial score (nSPS) is 16.7. The largest absolute Gasteiger partial charge is 0.494 e. The van der Waals surface area contributed by atoms with Crippen LogP contribution >= 0.6 is 0 Å². The molecule has 0 aromatic heterocycles. The van der Waals surface area contributed by atoms with E-state index < -0.39 is 0 Å². The monoisotopic (exact) mass is 456 g/mol. The van der Waals surface area contributed by atoms with Gasteiger partial charge in [-0.3, -0.25) is 0 Å². The topological polar surface area (TPSA) is 18.5 Å². The van der Waals surface area contributed by atoms with E-state index in [1.165, 1.54) is 43.8 Å². The van der Waals surface area contributed by atoms with Crippen LogP contribution in [0.5, 0.6) is 0 Å². The Kier molecular flexibility index (Phi) is 5.10. The van der Waals surface area contributed by atoms with E-state index in [0.717, 1.165) is 5.46 Å². The molecule has 0 atom stereocenters. The van der Waals surface area contributed by atoms with Gasteiger partial charge in [-0.15, -0.1) is 0 Å². The van der Waals surface area contributed by atoms with Gasteiger partial charge >= 0.3 is 7.12 Å². The zero-order valence-corrected chi connectivity index (χ0v) is 20.7. The molecular formula is C32H29BO2. The zero-order valence-electron chi connectivity index (χ0n) is 20.7. The zero-order chi connectivity index (χ0) is 24.2. The Bertz CT molecular complexity index is 1540. The minimum absolute atomic E-state index is 0.349. The first-order valence-corrected chi connectivity index (χ1v) is 12.3. The Hall–Kier alpha value is -3.40. The molecule has 1 saturated heterocycles. The van der Waals surface area contributed by atoms with Gasteiger partial charge in [0.25, 0.3) is 0 Å². The van der Waals surface area contributed by atoms with Gasteiger partial charge in [-0.1, -0.05) is 97.1 Å². The Morgan fingerprint density at radius 1 is 0.543 bits per heavy atom. The molecule has 172 valence electrons. The van der Waals surface area contributed by atoms with Crippen LogP contribution in [-0.2, 0) is 9.31 Å². The molecule has 1 fully saturated rings. The van der Waals surface area contributed by atoms with Crippen LogP contribution in [0.4, 0.5) is 0 Å². The second-order valence-electron chi connectivity index (χ2n) is 10.5. The summed E-state index contributed by atoms with van der Waals surface area (Å²) in [5.74, 6) is 0. The van der Waals surface area contributed by atoms with E-state index in [1.807, 2.05) is 0 Å². The van der Waals surface area contributed by atoms with E-state index >= 15 is 0 Å². The maximum Gasteiger partial charge on any atom is 0.494 e. The van der Waals surface area contributed by atoms with Crippen LogP contribution in [0.25, 0.3) is 43.8 Å². The molecule has 1 aliphatic heterocycles. The minimum atomic E-state index is -0.355. The van der Waals surface area contributed by atoms with Crippen LogP contribution in [0.3, 0.4) is 0 Å². The third-order valence-corrected chi connectivity index (χ3v) is 7.69. The molecule has 5 aromatic rings. The van der Waals surface area contributed by atoms with Gasteiger partial charge in [0.1, 0.15) is 0 Å². The minimum Gasteiger partial charge on any atom is -0.399 e. The lowest BCUT2D eigenvalue weighted by Crippen LogP contribution is -2.41. The molecule has 0 amide bonds. The molecule has 1 heterocycles. The van der Waals surface area contributed by atoms with Gasteiger partial charge in [-0.05, 0) is 83.0 Å². The lowest BCUT2D eigenvalue weighted by atomic mass is 9.78. The SMILES string of the molecule is CC1(C)OB(c2ccc3cc(-c4c(-c5ccccc5)ccc5ccccc45)ccc3c2)OC1(C)C. The summed E-state index contributed by atoms with van der Waals surface area (Å²) >= 11 is 0. The van der Waals surface area contributed by atoms with E-state index in [4.69, 9.17) is 9.31 Å². The van der Waals surface area contributed by atoms with Crippen LogP contribution < -0.4 is 5.46 Å². The number of benzene rings is 5. The first kappa shape index (κ1) is 22.1. The lowest BCUT2D eigenvalue weighted by molar-refractivity contribution is 0.00578. The molecule has 0 spiro atoms. The van der Waals surface area contributed by atoms with Gasteiger partial charge in [0.05, 0.1) is 11.2 Å². The highest BCUT2D eigenvalue weighted by Crippen LogP contribution is 2.40. The van der Waals surface area contributed by atoms with Crippen molar-refractivity contribution in [3.05, 3.63) is 103 Å². The molecule has 1 aliphatic rings. The molecule has 0 saturated carbocycles. The van der Waals surface area contributed by atoms with Crippen LogP contribution in [0.15, 0.2) is 103 Å². The molecule has 0 unspecified atom stereocenters. The molecule has 6 rings (SSSR count). The van der Waals surface area contributed by atoms with E-state index in [-0.39, 0.29) is 18.3 Å². The van der Waals surface area contributed by atoms with Crippen LogP contribution in [0.1, 0.15) is 27.7 Å². The third-order valence-electron chi connectivity index (χ3n) is 7.69. The summed E-state index contributed by atoms with van der Waals surface area (Å²) < 4.78 is 12.6. The molecule has 0 N–H and O–H groups in total. The van der Waals surface area contributed by atoms with Crippen molar-refractivity contribution >= 4 is 34.1 Å². The van der Waals surface area contributed by atoms with Crippen molar-refractivity contribution in [3.63, 3.8) is 0 Å². The van der Waals surface area contributed by atoms with Gasteiger partial charge in [0, 0.05) is 0 Å². The second kappa shape index (κ2) is 8.08. The Labute approximate surface area is 207 Å². The van der Waals surface area contributed by atoms with Crippen LogP contribution in [-0.4, -0.2) is 18.3 Å². The van der Waals surface area contributed by atoms with E-state index in [9.17, 15) is 0 Å². The molecule has 5 aromatic carbocycles. The second-order valence-corrected chi connectivity index (χ2v) is 10.5. The molecule has 0 bridgehead atoms. The highest BCUT2D eigenvalue weighted by atomic mass is 16.7. The molecule has 0 aliphatic carbocycles. The van der Waals surface area contributed by atoms with E-state index in [0.29, 0.717) is 0 Å². The summed E-state index contributed by atoms with van der Waals surface area (Å²) in [5.41, 5.74) is 5.32. The Morgan fingerprint density at radius 3 is 1.94 bits per heavy atom. The Balaban J connectivity index is 1.47. The van der Waals surface area contributed by atoms with Gasteiger partial charge in [0.2, 0.25) is 0 Å². The quantitative estimate of drug-likeness (QED) is 0.260. The summed E-state index contributed by atoms with van der Waals surface area (Å²) in [6.07, 6.45) is 0. The van der Waals surface area contributed by atoms with Crippen molar-refractivity contribution in [2.24, 2.45) is 0 Å². The summed E-state index contributed by atoms with van der Waals surface area (Å²) in [6.45, 7) is 8.37. The molecule has 2 nitrogen and oxygen atoms in total. The van der Waals surface area contributed by atoms with E-state index in [2.05, 4.69) is 131 Å². The maximum atomic E-state index is 6.28. The highest BCUT2D eigenvalue weighted by molar-refractivity contribution is 6.62. The maximum absolute atomic E-state index is 6.28. The number of hydrogen-bond acceptors (Lipinski definition) is 2. The van der Waals surface area contributed by atoms with Crippen molar-refractivity contribution in [3.8, 4) is 22.3 Å². The predicted octanol–water partition coefficient (Wildman–Crippen LogP) is 7.63. The first-order chi connectivity index (χ1) is 16.8. The van der Waals surface area contributed by atoms with Crippen molar-refractivity contribution in [2.45, 2.75) is 38.9 Å². The highest BCUT2D eigenvalue weighted by Gasteiger charge is 2.51. The van der Waals surface area contributed by atoms with Gasteiger partial charge in [-0.25, -0.2) is 0 Å². The van der Waals surface area contributed by atoms with Gasteiger partial charge < -0.3 is 9.31 Å². The average molecular weight is 456 g/mol. The number of hydrogen-bond donors (Lipinski definition) is 0. The Morgan fingerprint density at radius 2 is 1.17 bits per heavy atom. The summed E-state index contributed by atoms with van der Waals surface area (Å²) in [4.78, 5) is 0. The van der Waals surface area contributed by atoms with Gasteiger partial charge in [-0.2, -0.15) is 0 Å². The van der Waals surface area contributed by atoms with Crippen molar-refractivity contribution < 1.29 is 9.31 Å². The van der Waals surface area contributed by atoms with Crippen molar-refractivity contribution in [2.75, 3.05) is 0 Å². The molecule has 0 radical (unpaired) electrons. The summed E-state index contributed by atoms with van der Waals surface area (Å²) in [6, 6.07) is 37.0. The van der Waals surface area contributed by atoms with E-state index in [1.54, 1.807) is 0 Å². The number of fused-ring (bicyclic) bond motifs is 2. The van der Waals surface area contributed by atoms with Crippen molar-refractivity contribution in [1.82, 2.24) is 0 Å². The average Bonchev–Trinajstić information content (AvgIpc) is 3.09. The third kappa shape index (κ3) is 3.76. The summed E-state index contributed by atoms with van der Waals surface area (Å²) in [5, 5.41) is 4.90. The van der Waals surface area contributed by atoms with Crippen molar-refractivity contribution in [1.29, 1.82) is 0 Å². The predicted molar refractivity (Wildman–Crippen MR) is 148 cm³/mol. The van der Waals surface area contributed by atoms with Gasteiger partial charge in [0.15, 0.2) is 0 Å². The smallest absolute Gasteiger partial charge is 0.399 e. The lowest BCUT2D eigenvalue weighted by Gasteiger charge is -2.32. The first-order valence-electron chi connectivity index (χ1n) is 12.3. The molecular weight excluding hydrogens is 427 g/mol.